The molecule has 0 saturated carbocycles. The van der Waals surface area contributed by atoms with Crippen LogP contribution in [0.25, 0.3) is 11.3 Å². The van der Waals surface area contributed by atoms with Crippen LogP contribution in [-0.2, 0) is 0 Å². The zero-order valence-electron chi connectivity index (χ0n) is 8.05. The maximum absolute atomic E-state index is 5.90. The molecule has 0 saturated heterocycles. The van der Waals surface area contributed by atoms with E-state index in [1.807, 2.05) is 0 Å². The lowest BCUT2D eigenvalue weighted by Gasteiger charge is -2.06. The summed E-state index contributed by atoms with van der Waals surface area (Å²) < 4.78 is 0. The Morgan fingerprint density at radius 3 is 2.06 bits per heavy atom. The third-order valence-electron chi connectivity index (χ3n) is 2.02. The van der Waals surface area contributed by atoms with Crippen LogP contribution < -0.4 is 5.73 Å². The van der Waals surface area contributed by atoms with Crippen molar-refractivity contribution < 1.29 is 0 Å². The van der Waals surface area contributed by atoms with Gasteiger partial charge in [-0.2, -0.15) is 0 Å². The third kappa shape index (κ3) is 2.40. The Hall–Kier alpha value is -0.960. The Labute approximate surface area is 108 Å². The summed E-state index contributed by atoms with van der Waals surface area (Å²) >= 11 is 17.6. The Morgan fingerprint density at radius 2 is 1.50 bits per heavy atom. The SMILES string of the molecule is Nc1cc(Cl)cnc1-c1cc(Cl)cc(Cl)c1. The molecule has 0 fully saturated rings. The summed E-state index contributed by atoms with van der Waals surface area (Å²) in [5, 5.41) is 1.58. The van der Waals surface area contributed by atoms with Crippen LogP contribution in [0.1, 0.15) is 0 Å². The van der Waals surface area contributed by atoms with Crippen molar-refractivity contribution in [1.29, 1.82) is 0 Å². The zero-order chi connectivity index (χ0) is 11.7. The number of hydrogen-bond acceptors (Lipinski definition) is 2. The number of nitrogens with two attached hydrogens (primary N) is 1. The predicted molar refractivity (Wildman–Crippen MR) is 69.1 cm³/mol. The molecule has 0 spiro atoms. The molecule has 5 heteroatoms. The highest BCUT2D eigenvalue weighted by atomic mass is 35.5. The molecule has 1 aromatic carbocycles. The number of hydrogen-bond donors (Lipinski definition) is 1. The minimum Gasteiger partial charge on any atom is -0.397 e. The maximum Gasteiger partial charge on any atom is 0.0933 e. The molecule has 2 rings (SSSR count). The lowest BCUT2D eigenvalue weighted by molar-refractivity contribution is 1.33. The van der Waals surface area contributed by atoms with Crippen LogP contribution in [0.15, 0.2) is 30.5 Å². The average Bonchev–Trinajstić information content (AvgIpc) is 2.15. The standard InChI is InChI=1S/C11H7Cl3N2/c12-7-1-6(2-8(13)3-7)11-10(15)4-9(14)5-16-11/h1-5H,15H2. The highest BCUT2D eigenvalue weighted by Gasteiger charge is 2.07. The first-order chi connectivity index (χ1) is 7.56. The lowest BCUT2D eigenvalue weighted by atomic mass is 10.1. The Balaban J connectivity index is 2.58. The Bertz CT molecular complexity index is 520. The molecule has 2 aromatic rings. The van der Waals surface area contributed by atoms with Crippen molar-refractivity contribution in [3.8, 4) is 11.3 Å². The van der Waals surface area contributed by atoms with Crippen LogP contribution in [0.5, 0.6) is 0 Å². The first kappa shape index (κ1) is 11.5. The number of pyridine rings is 1. The van der Waals surface area contributed by atoms with Crippen molar-refractivity contribution >= 4 is 40.5 Å². The molecule has 2 nitrogen and oxygen atoms in total. The second-order valence-corrected chi connectivity index (χ2v) is 4.56. The van der Waals surface area contributed by atoms with Gasteiger partial charge in [-0.05, 0) is 24.3 Å². The van der Waals surface area contributed by atoms with Gasteiger partial charge in [0.15, 0.2) is 0 Å². The van der Waals surface area contributed by atoms with Crippen molar-refractivity contribution in [2.75, 3.05) is 5.73 Å². The molecule has 16 heavy (non-hydrogen) atoms. The molecule has 0 unspecified atom stereocenters. The van der Waals surface area contributed by atoms with Crippen LogP contribution in [-0.4, -0.2) is 4.98 Å². The number of benzene rings is 1. The van der Waals surface area contributed by atoms with Crippen LogP contribution >= 0.6 is 34.8 Å². The van der Waals surface area contributed by atoms with Gasteiger partial charge in [0.05, 0.1) is 16.4 Å². The molecule has 0 bridgehead atoms. The van der Waals surface area contributed by atoms with E-state index in [1.54, 1.807) is 24.3 Å². The summed E-state index contributed by atoms with van der Waals surface area (Å²) in [5.41, 5.74) is 7.70. The van der Waals surface area contributed by atoms with E-state index in [4.69, 9.17) is 40.5 Å². The van der Waals surface area contributed by atoms with Crippen molar-refractivity contribution in [2.45, 2.75) is 0 Å². The van der Waals surface area contributed by atoms with E-state index in [0.29, 0.717) is 26.4 Å². The molecule has 1 aromatic heterocycles. The van der Waals surface area contributed by atoms with E-state index in [2.05, 4.69) is 4.98 Å². The molecule has 0 aliphatic carbocycles. The second-order valence-electron chi connectivity index (χ2n) is 3.25. The highest BCUT2D eigenvalue weighted by Crippen LogP contribution is 2.30. The van der Waals surface area contributed by atoms with Crippen LogP contribution in [0.2, 0.25) is 15.1 Å². The average molecular weight is 274 g/mol. The van der Waals surface area contributed by atoms with E-state index in [-0.39, 0.29) is 0 Å². The van der Waals surface area contributed by atoms with E-state index in [0.717, 1.165) is 5.56 Å². The lowest BCUT2D eigenvalue weighted by Crippen LogP contribution is -1.93. The summed E-state index contributed by atoms with van der Waals surface area (Å²) in [6.45, 7) is 0. The molecular formula is C11H7Cl3N2. The van der Waals surface area contributed by atoms with E-state index in [9.17, 15) is 0 Å². The highest BCUT2D eigenvalue weighted by molar-refractivity contribution is 6.35. The van der Waals surface area contributed by atoms with Gasteiger partial charge in [-0.25, -0.2) is 0 Å². The number of halogens is 3. The Kier molecular flexibility index (Phi) is 3.24. The predicted octanol–water partition coefficient (Wildman–Crippen LogP) is 4.29. The Morgan fingerprint density at radius 1 is 0.875 bits per heavy atom. The van der Waals surface area contributed by atoms with E-state index >= 15 is 0 Å². The van der Waals surface area contributed by atoms with Gasteiger partial charge in [-0.3, -0.25) is 4.98 Å². The minimum absolute atomic E-state index is 0.492. The number of anilines is 1. The third-order valence-corrected chi connectivity index (χ3v) is 2.66. The molecule has 0 aliphatic heterocycles. The van der Waals surface area contributed by atoms with Crippen molar-refractivity contribution in [3.63, 3.8) is 0 Å². The van der Waals surface area contributed by atoms with Crippen molar-refractivity contribution in [2.24, 2.45) is 0 Å². The summed E-state index contributed by atoms with van der Waals surface area (Å²) in [6, 6.07) is 6.79. The van der Waals surface area contributed by atoms with Crippen molar-refractivity contribution in [3.05, 3.63) is 45.5 Å². The van der Waals surface area contributed by atoms with Crippen LogP contribution in [0.3, 0.4) is 0 Å². The zero-order valence-corrected chi connectivity index (χ0v) is 10.3. The fourth-order valence-corrected chi connectivity index (χ4v) is 2.08. The summed E-state index contributed by atoms with van der Waals surface area (Å²) in [6.07, 6.45) is 1.53. The van der Waals surface area contributed by atoms with Gasteiger partial charge in [-0.1, -0.05) is 34.8 Å². The summed E-state index contributed by atoms with van der Waals surface area (Å²) in [7, 11) is 0. The topological polar surface area (TPSA) is 38.9 Å². The van der Waals surface area contributed by atoms with Gasteiger partial charge in [-0.15, -0.1) is 0 Å². The number of nitrogen functional groups attached to an aromatic ring is 1. The fraction of sp³-hybridized carbons (Fsp3) is 0. The van der Waals surface area contributed by atoms with Gasteiger partial charge in [0.25, 0.3) is 0 Å². The molecule has 0 aliphatic rings. The molecular weight excluding hydrogens is 266 g/mol. The van der Waals surface area contributed by atoms with E-state index < -0.39 is 0 Å². The maximum atomic E-state index is 5.90. The second kappa shape index (κ2) is 4.50. The molecule has 0 radical (unpaired) electrons. The largest absolute Gasteiger partial charge is 0.397 e. The van der Waals surface area contributed by atoms with Gasteiger partial charge in [0, 0.05) is 21.8 Å². The summed E-state index contributed by atoms with van der Waals surface area (Å²) in [5.74, 6) is 0. The molecule has 2 N–H and O–H groups in total. The first-order valence-corrected chi connectivity index (χ1v) is 5.57. The van der Waals surface area contributed by atoms with Crippen molar-refractivity contribution in [1.82, 2.24) is 4.98 Å². The quantitative estimate of drug-likeness (QED) is 0.842. The normalized spacial score (nSPS) is 10.4. The first-order valence-electron chi connectivity index (χ1n) is 4.44. The minimum atomic E-state index is 0.492. The number of rotatable bonds is 1. The molecule has 0 amide bonds. The number of nitrogens with zero attached hydrogens (tertiary/aromatic N) is 1. The van der Waals surface area contributed by atoms with Crippen LogP contribution in [0, 0.1) is 0 Å². The van der Waals surface area contributed by atoms with Crippen LogP contribution in [0.4, 0.5) is 5.69 Å². The van der Waals surface area contributed by atoms with Gasteiger partial charge >= 0.3 is 0 Å². The molecule has 82 valence electrons. The monoisotopic (exact) mass is 272 g/mol. The van der Waals surface area contributed by atoms with E-state index in [1.165, 1.54) is 6.20 Å². The van der Waals surface area contributed by atoms with Gasteiger partial charge in [0.1, 0.15) is 0 Å². The molecule has 1 heterocycles. The fourth-order valence-electron chi connectivity index (χ4n) is 1.39. The van der Waals surface area contributed by atoms with Gasteiger partial charge < -0.3 is 5.73 Å². The molecule has 0 atom stereocenters. The summed E-state index contributed by atoms with van der Waals surface area (Å²) in [4.78, 5) is 4.16. The smallest absolute Gasteiger partial charge is 0.0933 e. The number of aromatic nitrogens is 1. The van der Waals surface area contributed by atoms with Gasteiger partial charge in [0.2, 0.25) is 0 Å².